The number of hydrazine groups is 1. The number of rotatable bonds is 6. The molecule has 0 fully saturated rings. The number of amides is 2. The Morgan fingerprint density at radius 1 is 1.04 bits per heavy atom. The zero-order valence-electron chi connectivity index (χ0n) is 13.9. The second kappa shape index (κ2) is 9.08. The molecule has 2 aromatic carbocycles. The van der Waals surface area contributed by atoms with Gasteiger partial charge in [0, 0.05) is 10.0 Å². The number of hydrogen-bond donors (Lipinski definition) is 2. The lowest BCUT2D eigenvalue weighted by Gasteiger charge is -2.11. The summed E-state index contributed by atoms with van der Waals surface area (Å²) in [5, 5.41) is 0. The van der Waals surface area contributed by atoms with E-state index < -0.39 is 11.8 Å². The number of halogens is 1. The maximum Gasteiger partial charge on any atom is 0.276 e. The minimum Gasteiger partial charge on any atom is -0.491 e. The average Bonchev–Trinajstić information content (AvgIpc) is 2.59. The van der Waals surface area contributed by atoms with E-state index in [-0.39, 0.29) is 12.7 Å². The van der Waals surface area contributed by atoms with Gasteiger partial charge in [0.1, 0.15) is 11.5 Å². The molecular formula is C18H19BrN2O4. The van der Waals surface area contributed by atoms with Crippen LogP contribution in [0.1, 0.15) is 24.2 Å². The van der Waals surface area contributed by atoms with Crippen LogP contribution in [0.3, 0.4) is 0 Å². The molecule has 0 saturated heterocycles. The van der Waals surface area contributed by atoms with Gasteiger partial charge in [-0.1, -0.05) is 22.0 Å². The summed E-state index contributed by atoms with van der Waals surface area (Å²) < 4.78 is 11.8. The quantitative estimate of drug-likeness (QED) is 0.722. The molecule has 0 unspecified atom stereocenters. The summed E-state index contributed by atoms with van der Waals surface area (Å²) in [7, 11) is 0. The normalized spacial score (nSPS) is 10.2. The lowest BCUT2D eigenvalue weighted by atomic mass is 10.2. The van der Waals surface area contributed by atoms with E-state index in [1.807, 2.05) is 13.8 Å². The van der Waals surface area contributed by atoms with E-state index in [9.17, 15) is 9.59 Å². The monoisotopic (exact) mass is 406 g/mol. The van der Waals surface area contributed by atoms with Crippen LogP contribution in [0.4, 0.5) is 0 Å². The maximum atomic E-state index is 12.1. The number of benzene rings is 2. The standard InChI is InChI=1S/C18H19BrN2O4/c1-12(2)25-16-5-3-4-13(10-16)18(23)21-20-17(22)11-24-15-8-6-14(19)7-9-15/h3-10,12H,11H2,1-2H3,(H,20,22)(H,21,23). The first-order valence-corrected chi connectivity index (χ1v) is 8.47. The van der Waals surface area contributed by atoms with Crippen LogP contribution in [-0.4, -0.2) is 24.5 Å². The lowest BCUT2D eigenvalue weighted by Crippen LogP contribution is -2.43. The van der Waals surface area contributed by atoms with E-state index in [2.05, 4.69) is 26.8 Å². The summed E-state index contributed by atoms with van der Waals surface area (Å²) in [5.41, 5.74) is 5.03. The molecule has 2 rings (SSSR count). The van der Waals surface area contributed by atoms with Gasteiger partial charge in [0.15, 0.2) is 6.61 Å². The second-order valence-electron chi connectivity index (χ2n) is 5.44. The molecular weight excluding hydrogens is 388 g/mol. The van der Waals surface area contributed by atoms with Crippen molar-refractivity contribution in [2.45, 2.75) is 20.0 Å². The van der Waals surface area contributed by atoms with Crippen molar-refractivity contribution in [3.05, 3.63) is 58.6 Å². The predicted molar refractivity (Wildman–Crippen MR) is 97.5 cm³/mol. The highest BCUT2D eigenvalue weighted by molar-refractivity contribution is 9.10. The summed E-state index contributed by atoms with van der Waals surface area (Å²) in [4.78, 5) is 23.8. The maximum absolute atomic E-state index is 12.1. The van der Waals surface area contributed by atoms with E-state index in [1.165, 1.54) is 0 Å². The van der Waals surface area contributed by atoms with Crippen molar-refractivity contribution in [3.63, 3.8) is 0 Å². The first kappa shape index (κ1) is 18.8. The molecule has 0 aromatic heterocycles. The Balaban J connectivity index is 1.80. The fraction of sp³-hybridized carbons (Fsp3) is 0.222. The van der Waals surface area contributed by atoms with Crippen LogP contribution in [0.5, 0.6) is 11.5 Å². The number of hydrogen-bond acceptors (Lipinski definition) is 4. The van der Waals surface area contributed by atoms with Gasteiger partial charge in [-0.2, -0.15) is 0 Å². The predicted octanol–water partition coefficient (Wildman–Crippen LogP) is 3.08. The van der Waals surface area contributed by atoms with Crippen molar-refractivity contribution in [2.75, 3.05) is 6.61 Å². The molecule has 0 atom stereocenters. The van der Waals surface area contributed by atoms with E-state index in [0.29, 0.717) is 17.1 Å². The lowest BCUT2D eigenvalue weighted by molar-refractivity contribution is -0.123. The SMILES string of the molecule is CC(C)Oc1cccc(C(=O)NNC(=O)COc2ccc(Br)cc2)c1. The van der Waals surface area contributed by atoms with Gasteiger partial charge in [-0.05, 0) is 56.3 Å². The fourth-order valence-electron chi connectivity index (χ4n) is 1.90. The molecule has 0 bridgehead atoms. The molecule has 2 N–H and O–H groups in total. The Kier molecular flexibility index (Phi) is 6.82. The van der Waals surface area contributed by atoms with E-state index in [1.54, 1.807) is 48.5 Å². The van der Waals surface area contributed by atoms with Gasteiger partial charge in [0.25, 0.3) is 11.8 Å². The smallest absolute Gasteiger partial charge is 0.276 e. The number of carbonyl (C=O) groups is 2. The van der Waals surface area contributed by atoms with Gasteiger partial charge in [-0.25, -0.2) is 0 Å². The third-order valence-corrected chi connectivity index (χ3v) is 3.50. The van der Waals surface area contributed by atoms with Crippen molar-refractivity contribution in [3.8, 4) is 11.5 Å². The Bertz CT molecular complexity index is 732. The molecule has 0 aliphatic heterocycles. The zero-order chi connectivity index (χ0) is 18.2. The van der Waals surface area contributed by atoms with Crippen LogP contribution in [0, 0.1) is 0 Å². The van der Waals surface area contributed by atoms with Crippen LogP contribution in [0.15, 0.2) is 53.0 Å². The highest BCUT2D eigenvalue weighted by atomic mass is 79.9. The topological polar surface area (TPSA) is 76.7 Å². The molecule has 132 valence electrons. The highest BCUT2D eigenvalue weighted by Gasteiger charge is 2.09. The minimum atomic E-state index is -0.467. The van der Waals surface area contributed by atoms with Crippen LogP contribution in [0.25, 0.3) is 0 Å². The van der Waals surface area contributed by atoms with Crippen molar-refractivity contribution in [2.24, 2.45) is 0 Å². The summed E-state index contributed by atoms with van der Waals surface area (Å²) >= 11 is 3.32. The largest absolute Gasteiger partial charge is 0.491 e. The van der Waals surface area contributed by atoms with Crippen LogP contribution in [0.2, 0.25) is 0 Å². The molecule has 2 amide bonds. The molecule has 7 heteroatoms. The molecule has 0 aliphatic rings. The molecule has 6 nitrogen and oxygen atoms in total. The molecule has 0 heterocycles. The van der Waals surface area contributed by atoms with Crippen molar-refractivity contribution in [1.29, 1.82) is 0 Å². The first-order chi connectivity index (χ1) is 11.9. The van der Waals surface area contributed by atoms with Crippen molar-refractivity contribution < 1.29 is 19.1 Å². The zero-order valence-corrected chi connectivity index (χ0v) is 15.5. The third-order valence-electron chi connectivity index (χ3n) is 2.97. The van der Waals surface area contributed by atoms with E-state index in [4.69, 9.17) is 9.47 Å². The van der Waals surface area contributed by atoms with E-state index in [0.717, 1.165) is 4.47 Å². The fourth-order valence-corrected chi connectivity index (χ4v) is 2.16. The van der Waals surface area contributed by atoms with Gasteiger partial charge in [0.2, 0.25) is 0 Å². The number of carbonyl (C=O) groups excluding carboxylic acids is 2. The van der Waals surface area contributed by atoms with Crippen molar-refractivity contribution >= 4 is 27.7 Å². The summed E-state index contributed by atoms with van der Waals surface area (Å²) in [5.74, 6) is 0.243. The Hall–Kier alpha value is -2.54. The van der Waals surface area contributed by atoms with Gasteiger partial charge in [-0.15, -0.1) is 0 Å². The van der Waals surface area contributed by atoms with E-state index >= 15 is 0 Å². The van der Waals surface area contributed by atoms with Crippen molar-refractivity contribution in [1.82, 2.24) is 10.9 Å². The minimum absolute atomic E-state index is 0.00812. The number of ether oxygens (including phenoxy) is 2. The number of nitrogens with one attached hydrogen (secondary N) is 2. The molecule has 2 aromatic rings. The Morgan fingerprint density at radius 3 is 2.44 bits per heavy atom. The van der Waals surface area contributed by atoms with Crippen LogP contribution >= 0.6 is 15.9 Å². The molecule has 0 spiro atoms. The molecule has 25 heavy (non-hydrogen) atoms. The van der Waals surface area contributed by atoms with Gasteiger partial charge in [-0.3, -0.25) is 20.4 Å². The molecule has 0 radical (unpaired) electrons. The summed E-state index contributed by atoms with van der Waals surface area (Å²) in [6.07, 6.45) is 0.00812. The Labute approximate surface area is 154 Å². The van der Waals surface area contributed by atoms with Crippen LogP contribution < -0.4 is 20.3 Å². The van der Waals surface area contributed by atoms with Gasteiger partial charge in [0.05, 0.1) is 6.10 Å². The highest BCUT2D eigenvalue weighted by Crippen LogP contribution is 2.16. The molecule has 0 aliphatic carbocycles. The van der Waals surface area contributed by atoms with Gasteiger partial charge < -0.3 is 9.47 Å². The average molecular weight is 407 g/mol. The Morgan fingerprint density at radius 2 is 1.76 bits per heavy atom. The third kappa shape index (κ3) is 6.46. The first-order valence-electron chi connectivity index (χ1n) is 7.68. The van der Waals surface area contributed by atoms with Gasteiger partial charge >= 0.3 is 0 Å². The summed E-state index contributed by atoms with van der Waals surface area (Å²) in [6.45, 7) is 3.59. The van der Waals surface area contributed by atoms with Crippen LogP contribution in [-0.2, 0) is 4.79 Å². The summed E-state index contributed by atoms with van der Waals surface area (Å²) in [6, 6.07) is 13.8. The second-order valence-corrected chi connectivity index (χ2v) is 6.36. The molecule has 0 saturated carbocycles.